The van der Waals surface area contributed by atoms with Crippen molar-refractivity contribution in [1.29, 1.82) is 0 Å². The van der Waals surface area contributed by atoms with Gasteiger partial charge in [0.05, 0.1) is 83.6 Å². The van der Waals surface area contributed by atoms with Crippen LogP contribution in [0.15, 0.2) is 0 Å². The Kier molecular flexibility index (Phi) is 82.8. The third kappa shape index (κ3) is 89.5. The summed E-state index contributed by atoms with van der Waals surface area (Å²) in [6.07, 6.45) is 7.52. The Labute approximate surface area is 623 Å². The van der Waals surface area contributed by atoms with Crippen LogP contribution in [0.2, 0.25) is 0 Å². The zero-order valence-corrected chi connectivity index (χ0v) is 71.2. The molecule has 0 aromatic carbocycles. The van der Waals surface area contributed by atoms with Gasteiger partial charge in [0.2, 0.25) is 0 Å². The molecule has 0 amide bonds. The molecule has 0 unspecified atom stereocenters. The number of rotatable bonds is 29. The van der Waals surface area contributed by atoms with Crippen LogP contribution in [0.25, 0.3) is 0 Å². The van der Waals surface area contributed by atoms with E-state index >= 15 is 0 Å². The fourth-order valence-corrected chi connectivity index (χ4v) is 9.14. The number of nitrogens with zero attached hydrogens (tertiary/aromatic N) is 9. The molecule has 6 heterocycles. The maximum atomic E-state index is 5.71. The summed E-state index contributed by atoms with van der Waals surface area (Å²) in [5.41, 5.74) is -0.0195. The topological polar surface area (TPSA) is 204 Å². The molecule has 0 spiro atoms. The second-order valence-electron chi connectivity index (χ2n) is 29.5. The summed E-state index contributed by atoms with van der Waals surface area (Å²) in [7, 11) is 35.4. The van der Waals surface area contributed by atoms with Gasteiger partial charge in [0, 0.05) is 203 Å². The fourth-order valence-electron chi connectivity index (χ4n) is 9.14. The zero-order chi connectivity index (χ0) is 77.4. The van der Waals surface area contributed by atoms with E-state index < -0.39 is 0 Å². The second-order valence-corrected chi connectivity index (χ2v) is 29.5. The SMILES string of the molecule is CC(C)(C)OCC1CCOCC1.CNCCN(C)COC.COC(C)(C)C.COCC1CCN(C)CC1.COCC1CCNCC1.COCCN(C)COC.COCN(C)CCN(C)C.COCN1CCN(C)CC1.COCN1CCNCC1.COCN1CCOCC1.COCOC(C)(C)C. The smallest absolute Gasteiger partial charge is 0.147 e. The Morgan fingerprint density at radius 3 is 1.17 bits per heavy atom. The summed E-state index contributed by atoms with van der Waals surface area (Å²) in [4.78, 5) is 20.0. The summed E-state index contributed by atoms with van der Waals surface area (Å²) in [6, 6.07) is 0. The van der Waals surface area contributed by atoms with E-state index in [1.54, 1.807) is 78.2 Å². The summed E-state index contributed by atoms with van der Waals surface area (Å²) in [6.45, 7) is 51.2. The van der Waals surface area contributed by atoms with Crippen molar-refractivity contribution in [3.05, 3.63) is 0 Å². The van der Waals surface area contributed by atoms with Gasteiger partial charge >= 0.3 is 0 Å². The molecule has 0 aromatic heterocycles. The molecule has 0 aliphatic carbocycles. The van der Waals surface area contributed by atoms with Crippen molar-refractivity contribution in [2.24, 2.45) is 17.8 Å². The second kappa shape index (κ2) is 77.1. The number of likely N-dealkylation sites (tertiary alicyclic amines) is 1. The molecule has 616 valence electrons. The highest BCUT2D eigenvalue weighted by molar-refractivity contribution is 4.71. The van der Waals surface area contributed by atoms with E-state index in [-0.39, 0.29) is 16.8 Å². The Hall–Kier alpha value is -1.08. The van der Waals surface area contributed by atoms with Gasteiger partial charge in [-0.05, 0) is 201 Å². The molecule has 6 aliphatic rings. The number of piperazine rings is 2. The molecule has 6 rings (SSSR count). The van der Waals surface area contributed by atoms with E-state index in [0.29, 0.717) is 27.0 Å². The van der Waals surface area contributed by atoms with Gasteiger partial charge in [0.1, 0.15) is 6.79 Å². The van der Waals surface area contributed by atoms with E-state index in [0.717, 1.165) is 189 Å². The number of likely N-dealkylation sites (N-methyl/N-ethyl adjacent to an activating group) is 6. The Bertz CT molecular complexity index is 1470. The lowest BCUT2D eigenvalue weighted by atomic mass is 9.98. The number of nitrogens with one attached hydrogen (secondary N) is 3. The van der Waals surface area contributed by atoms with Gasteiger partial charge in [-0.25, -0.2) is 0 Å². The highest BCUT2D eigenvalue weighted by Gasteiger charge is 2.19. The largest absolute Gasteiger partial charge is 0.384 e. The predicted molar refractivity (Wildman–Crippen MR) is 418 cm³/mol. The summed E-state index contributed by atoms with van der Waals surface area (Å²) in [5.74, 6) is 2.36. The molecule has 0 bridgehead atoms. The van der Waals surface area contributed by atoms with Gasteiger partial charge in [-0.2, -0.15) is 0 Å². The van der Waals surface area contributed by atoms with Gasteiger partial charge < -0.3 is 102 Å². The Balaban J connectivity index is -0.000000336. The van der Waals surface area contributed by atoms with Crippen molar-refractivity contribution in [2.75, 3.05) is 359 Å². The van der Waals surface area contributed by atoms with Crippen LogP contribution in [0.5, 0.6) is 0 Å². The van der Waals surface area contributed by atoms with E-state index in [1.165, 1.54) is 65.0 Å². The molecular formula is C74H170N12O15. The van der Waals surface area contributed by atoms with Crippen LogP contribution < -0.4 is 16.0 Å². The molecule has 0 atom stereocenters. The normalized spacial score (nSPS) is 17.8. The number of hydrogen-bond acceptors (Lipinski definition) is 27. The fraction of sp³-hybridized carbons (Fsp3) is 1.00. The monoisotopic (exact) mass is 1470 g/mol. The Morgan fingerprint density at radius 1 is 0.386 bits per heavy atom. The zero-order valence-electron chi connectivity index (χ0n) is 71.2. The summed E-state index contributed by atoms with van der Waals surface area (Å²) < 4.78 is 75.6. The molecule has 27 heteroatoms. The highest BCUT2D eigenvalue weighted by atomic mass is 16.7. The number of morpholine rings is 1. The maximum Gasteiger partial charge on any atom is 0.147 e. The Morgan fingerprint density at radius 2 is 0.782 bits per heavy atom. The molecular weight excluding hydrogens is 1300 g/mol. The number of methoxy groups -OCH3 is 11. The third-order valence-corrected chi connectivity index (χ3v) is 15.7. The van der Waals surface area contributed by atoms with E-state index in [9.17, 15) is 0 Å². The van der Waals surface area contributed by atoms with E-state index in [2.05, 4.69) is 104 Å². The van der Waals surface area contributed by atoms with Gasteiger partial charge in [-0.1, -0.05) is 0 Å². The minimum Gasteiger partial charge on any atom is -0.384 e. The van der Waals surface area contributed by atoms with Gasteiger partial charge in [0.25, 0.3) is 0 Å². The van der Waals surface area contributed by atoms with Gasteiger partial charge in [-0.15, -0.1) is 0 Å². The summed E-state index contributed by atoms with van der Waals surface area (Å²) >= 11 is 0. The van der Waals surface area contributed by atoms with Crippen molar-refractivity contribution in [1.82, 2.24) is 60.0 Å². The summed E-state index contributed by atoms with van der Waals surface area (Å²) in [5, 5.41) is 9.65. The minimum atomic E-state index is -0.0734. The lowest BCUT2D eigenvalue weighted by molar-refractivity contribution is -0.105. The highest BCUT2D eigenvalue weighted by Crippen LogP contribution is 2.19. The number of hydrogen-bond donors (Lipinski definition) is 3. The van der Waals surface area contributed by atoms with Crippen LogP contribution in [-0.4, -0.2) is 420 Å². The molecule has 3 N–H and O–H groups in total. The van der Waals surface area contributed by atoms with E-state index in [4.69, 9.17) is 71.1 Å². The standard InChI is InChI=1S/C10H20O2.C8H17NO.C7H16N2O.C7H18N2O.C7H15NO.C6H14N2O.C6H16N2O.C6H13NO2.C6H15NO2.C6H14O2.C5H12O/c1-10(2,3)12-8-9-4-6-11-7-5-9;1-9-5-3-8(4-6-9)7-10-2;1-8-3-5-9(6-4-8)7-10-2;1-8(2)5-6-9(3)7-10-4;1-9-6-7-2-4-8-5-3-7;1-9-6-8-4-2-7-3-5-8;1-7-4-5-8(2)6-9-3;1-8-6-7-2-4-9-5-3-7;1-7(6-9-3)4-5-8-2;1-6(2,3)8-5-7-4;1-5(2,3)6-4/h9H,4-8H2,1-3H3;8H,3-7H2,1-2H3;3-7H2,1-2H3;5-7H2,1-4H3;7-8H,2-6H2,1H3;7H,2-6H2,1H3;7H,4-6H2,1-3H3;2-6H2,1H3;4-6H2,1-3H3;5H2,1-4H3;1-4H3. The van der Waals surface area contributed by atoms with Crippen LogP contribution in [0.4, 0.5) is 0 Å². The average molecular weight is 1470 g/mol. The number of ether oxygens (including phenoxy) is 15. The van der Waals surface area contributed by atoms with Crippen LogP contribution in [0.3, 0.4) is 0 Å². The molecule has 0 radical (unpaired) electrons. The molecule has 27 nitrogen and oxygen atoms in total. The van der Waals surface area contributed by atoms with Crippen LogP contribution in [-0.2, 0) is 71.1 Å². The predicted octanol–water partition coefficient (Wildman–Crippen LogP) is 5.92. The van der Waals surface area contributed by atoms with Crippen molar-refractivity contribution in [3.63, 3.8) is 0 Å². The van der Waals surface area contributed by atoms with Crippen molar-refractivity contribution in [2.45, 2.75) is 118 Å². The first-order valence-electron chi connectivity index (χ1n) is 37.1. The maximum absolute atomic E-state index is 5.71. The first-order valence-corrected chi connectivity index (χ1v) is 37.1. The van der Waals surface area contributed by atoms with E-state index in [1.807, 2.05) is 74.6 Å². The minimum absolute atomic E-state index is 0.0122. The van der Waals surface area contributed by atoms with Crippen LogP contribution in [0.1, 0.15) is 101 Å². The molecule has 101 heavy (non-hydrogen) atoms. The lowest BCUT2D eigenvalue weighted by Gasteiger charge is -2.31. The molecule has 0 saturated carbocycles. The van der Waals surface area contributed by atoms with Gasteiger partial charge in [-0.3, -0.25) is 29.4 Å². The molecule has 6 fully saturated rings. The molecule has 0 aromatic rings. The van der Waals surface area contributed by atoms with Crippen molar-refractivity contribution in [3.8, 4) is 0 Å². The molecule has 6 saturated heterocycles. The molecule has 6 aliphatic heterocycles. The van der Waals surface area contributed by atoms with Gasteiger partial charge in [0.15, 0.2) is 0 Å². The average Bonchev–Trinajstić information content (AvgIpc) is 1.17. The van der Waals surface area contributed by atoms with Crippen LogP contribution in [0, 0.1) is 17.8 Å². The quantitative estimate of drug-likeness (QED) is 0.0744. The third-order valence-electron chi connectivity index (χ3n) is 15.7. The lowest BCUT2D eigenvalue weighted by Crippen LogP contribution is -2.44. The number of piperidine rings is 2. The van der Waals surface area contributed by atoms with Crippen molar-refractivity contribution < 1.29 is 71.1 Å². The van der Waals surface area contributed by atoms with Crippen molar-refractivity contribution >= 4 is 0 Å². The first kappa shape index (κ1) is 109. The first-order chi connectivity index (χ1) is 47.9. The van der Waals surface area contributed by atoms with Crippen LogP contribution >= 0.6 is 0 Å².